The van der Waals surface area contributed by atoms with Crippen molar-refractivity contribution < 1.29 is 14.0 Å². The highest BCUT2D eigenvalue weighted by atomic mass is 16.5. The zero-order valence-electron chi connectivity index (χ0n) is 12.3. The highest BCUT2D eigenvalue weighted by molar-refractivity contribution is 5.42. The number of aryl methyl sites for hydroxylation is 1. The number of methoxy groups -OCH3 is 2. The fourth-order valence-electron chi connectivity index (χ4n) is 2.05. The van der Waals surface area contributed by atoms with Gasteiger partial charge in [0.05, 0.1) is 19.9 Å². The van der Waals surface area contributed by atoms with Crippen molar-refractivity contribution in [2.45, 2.75) is 26.4 Å². The lowest BCUT2D eigenvalue weighted by Crippen LogP contribution is -2.19. The average molecular weight is 276 g/mol. The number of ether oxygens (including phenoxy) is 2. The second kappa shape index (κ2) is 6.43. The van der Waals surface area contributed by atoms with Crippen LogP contribution in [0.1, 0.15) is 30.0 Å². The van der Waals surface area contributed by atoms with Crippen molar-refractivity contribution in [2.24, 2.45) is 0 Å². The monoisotopic (exact) mass is 276 g/mol. The summed E-state index contributed by atoms with van der Waals surface area (Å²) in [6.45, 7) is 4.59. The normalized spacial score (nSPS) is 12.2. The van der Waals surface area contributed by atoms with Crippen LogP contribution in [-0.2, 0) is 6.54 Å². The van der Waals surface area contributed by atoms with Crippen molar-refractivity contribution in [1.29, 1.82) is 0 Å². The molecule has 1 atom stereocenters. The van der Waals surface area contributed by atoms with Crippen LogP contribution in [0.15, 0.2) is 28.8 Å². The number of aromatic nitrogens is 1. The molecule has 0 fully saturated rings. The smallest absolute Gasteiger partial charge is 0.133 e. The third-order valence-electron chi connectivity index (χ3n) is 3.17. The first-order valence-electron chi connectivity index (χ1n) is 6.51. The maximum atomic E-state index is 5.39. The number of hydrogen-bond acceptors (Lipinski definition) is 5. The second-order valence-electron chi connectivity index (χ2n) is 4.64. The maximum Gasteiger partial charge on any atom is 0.133 e. The Bertz CT molecular complexity index is 566. The molecule has 1 heterocycles. The van der Waals surface area contributed by atoms with Crippen LogP contribution in [0.25, 0.3) is 0 Å². The molecule has 0 radical (unpaired) electrons. The Morgan fingerprint density at radius 2 is 2.05 bits per heavy atom. The summed E-state index contributed by atoms with van der Waals surface area (Å²) in [7, 11) is 3.32. The van der Waals surface area contributed by atoms with Crippen LogP contribution >= 0.6 is 0 Å². The van der Waals surface area contributed by atoms with Gasteiger partial charge in [-0.25, -0.2) is 0 Å². The molecule has 0 saturated heterocycles. The van der Waals surface area contributed by atoms with Gasteiger partial charge in [-0.05, 0) is 32.0 Å². The van der Waals surface area contributed by atoms with E-state index in [1.807, 2.05) is 31.2 Å². The Balaban J connectivity index is 2.09. The van der Waals surface area contributed by atoms with Gasteiger partial charge in [0.25, 0.3) is 0 Å². The SMILES string of the molecule is COc1ccc(OC)c(C(C)NCc2cc(C)on2)c1. The van der Waals surface area contributed by atoms with Crippen molar-refractivity contribution in [2.75, 3.05) is 14.2 Å². The molecule has 5 heteroatoms. The molecule has 2 aromatic rings. The molecule has 0 saturated carbocycles. The number of nitrogens with one attached hydrogen (secondary N) is 1. The predicted molar refractivity (Wildman–Crippen MR) is 76.0 cm³/mol. The van der Waals surface area contributed by atoms with E-state index in [9.17, 15) is 0 Å². The highest BCUT2D eigenvalue weighted by Crippen LogP contribution is 2.29. The lowest BCUT2D eigenvalue weighted by molar-refractivity contribution is 0.381. The summed E-state index contributed by atoms with van der Waals surface area (Å²) >= 11 is 0. The van der Waals surface area contributed by atoms with Gasteiger partial charge in [-0.1, -0.05) is 5.16 Å². The van der Waals surface area contributed by atoms with Crippen molar-refractivity contribution in [1.82, 2.24) is 10.5 Å². The van der Waals surface area contributed by atoms with Crippen molar-refractivity contribution in [3.8, 4) is 11.5 Å². The van der Waals surface area contributed by atoms with Gasteiger partial charge in [-0.2, -0.15) is 0 Å². The minimum atomic E-state index is 0.108. The molecule has 0 aliphatic heterocycles. The standard InChI is InChI=1S/C15H20N2O3/c1-10-7-12(17-20-10)9-16-11(2)14-8-13(18-3)5-6-15(14)19-4/h5-8,11,16H,9H2,1-4H3. The largest absolute Gasteiger partial charge is 0.497 e. The van der Waals surface area contributed by atoms with E-state index >= 15 is 0 Å². The fourth-order valence-corrected chi connectivity index (χ4v) is 2.05. The van der Waals surface area contributed by atoms with Crippen LogP contribution in [0, 0.1) is 6.92 Å². The molecule has 1 N–H and O–H groups in total. The highest BCUT2D eigenvalue weighted by Gasteiger charge is 2.13. The predicted octanol–water partition coefficient (Wildman–Crippen LogP) is 2.85. The van der Waals surface area contributed by atoms with Crippen LogP contribution < -0.4 is 14.8 Å². The van der Waals surface area contributed by atoms with Gasteiger partial charge in [-0.3, -0.25) is 0 Å². The van der Waals surface area contributed by atoms with E-state index in [1.54, 1.807) is 14.2 Å². The molecule has 5 nitrogen and oxygen atoms in total. The fraction of sp³-hybridized carbons (Fsp3) is 0.400. The summed E-state index contributed by atoms with van der Waals surface area (Å²) < 4.78 is 15.7. The first kappa shape index (κ1) is 14.4. The van der Waals surface area contributed by atoms with Gasteiger partial charge in [0.2, 0.25) is 0 Å². The zero-order chi connectivity index (χ0) is 14.5. The Labute approximate surface area is 118 Å². The molecule has 1 aromatic heterocycles. The number of rotatable bonds is 6. The quantitative estimate of drug-likeness (QED) is 0.879. The maximum absolute atomic E-state index is 5.39. The molecule has 2 rings (SSSR count). The summed E-state index contributed by atoms with van der Waals surface area (Å²) in [6, 6.07) is 7.80. The van der Waals surface area contributed by atoms with E-state index in [1.165, 1.54) is 0 Å². The van der Waals surface area contributed by atoms with Gasteiger partial charge in [0, 0.05) is 24.2 Å². The Hall–Kier alpha value is -2.01. The van der Waals surface area contributed by atoms with E-state index in [-0.39, 0.29) is 6.04 Å². The lowest BCUT2D eigenvalue weighted by atomic mass is 10.1. The molecule has 20 heavy (non-hydrogen) atoms. The van der Waals surface area contributed by atoms with Gasteiger partial charge in [-0.15, -0.1) is 0 Å². The molecule has 0 aliphatic rings. The first-order valence-corrected chi connectivity index (χ1v) is 6.51. The third-order valence-corrected chi connectivity index (χ3v) is 3.17. The van der Waals surface area contributed by atoms with E-state index < -0.39 is 0 Å². The van der Waals surface area contributed by atoms with E-state index in [0.29, 0.717) is 6.54 Å². The van der Waals surface area contributed by atoms with Crippen LogP contribution in [0.2, 0.25) is 0 Å². The topological polar surface area (TPSA) is 56.5 Å². The van der Waals surface area contributed by atoms with Crippen molar-refractivity contribution in [3.63, 3.8) is 0 Å². The Morgan fingerprint density at radius 3 is 2.65 bits per heavy atom. The first-order chi connectivity index (χ1) is 9.63. The third kappa shape index (κ3) is 3.30. The molecular weight excluding hydrogens is 256 g/mol. The molecule has 1 unspecified atom stereocenters. The summed E-state index contributed by atoms with van der Waals surface area (Å²) in [4.78, 5) is 0. The summed E-state index contributed by atoms with van der Waals surface area (Å²) in [5.41, 5.74) is 1.93. The zero-order valence-corrected chi connectivity index (χ0v) is 12.3. The number of benzene rings is 1. The van der Waals surface area contributed by atoms with E-state index in [2.05, 4.69) is 17.4 Å². The van der Waals surface area contributed by atoms with Crippen LogP contribution in [-0.4, -0.2) is 19.4 Å². The molecule has 0 amide bonds. The van der Waals surface area contributed by atoms with Gasteiger partial charge in [0.15, 0.2) is 0 Å². The van der Waals surface area contributed by atoms with E-state index in [4.69, 9.17) is 14.0 Å². The van der Waals surface area contributed by atoms with Crippen LogP contribution in [0.4, 0.5) is 0 Å². The Kier molecular flexibility index (Phi) is 4.63. The molecule has 0 spiro atoms. The number of nitrogens with zero attached hydrogens (tertiary/aromatic N) is 1. The minimum absolute atomic E-state index is 0.108. The molecular formula is C15H20N2O3. The second-order valence-corrected chi connectivity index (χ2v) is 4.64. The summed E-state index contributed by atoms with van der Waals surface area (Å²) in [5, 5.41) is 7.36. The van der Waals surface area contributed by atoms with Gasteiger partial charge >= 0.3 is 0 Å². The molecule has 0 bridgehead atoms. The molecule has 1 aromatic carbocycles. The lowest BCUT2D eigenvalue weighted by Gasteiger charge is -2.17. The van der Waals surface area contributed by atoms with Crippen molar-refractivity contribution >= 4 is 0 Å². The molecule has 0 aliphatic carbocycles. The van der Waals surface area contributed by atoms with Crippen LogP contribution in [0.5, 0.6) is 11.5 Å². The van der Waals surface area contributed by atoms with Crippen molar-refractivity contribution in [3.05, 3.63) is 41.3 Å². The molecule has 108 valence electrons. The summed E-state index contributed by atoms with van der Waals surface area (Å²) in [5.74, 6) is 2.46. The average Bonchev–Trinajstić information content (AvgIpc) is 2.89. The number of hydrogen-bond donors (Lipinski definition) is 1. The van der Waals surface area contributed by atoms with Crippen LogP contribution in [0.3, 0.4) is 0 Å². The Morgan fingerprint density at radius 1 is 1.25 bits per heavy atom. The summed E-state index contributed by atoms with van der Waals surface area (Å²) in [6.07, 6.45) is 0. The van der Waals surface area contributed by atoms with E-state index in [0.717, 1.165) is 28.5 Å². The minimum Gasteiger partial charge on any atom is -0.497 e. The van der Waals surface area contributed by atoms with Gasteiger partial charge in [0.1, 0.15) is 17.3 Å². The van der Waals surface area contributed by atoms with Gasteiger partial charge < -0.3 is 19.3 Å².